The Balaban J connectivity index is 2.36. The van der Waals surface area contributed by atoms with Crippen LogP contribution in [-0.2, 0) is 17.9 Å². The Hall–Kier alpha value is -2.66. The number of anilines is 1. The van der Waals surface area contributed by atoms with Crippen LogP contribution < -0.4 is 11.1 Å². The summed E-state index contributed by atoms with van der Waals surface area (Å²) in [6.07, 6.45) is 0. The van der Waals surface area contributed by atoms with Crippen LogP contribution in [0.5, 0.6) is 0 Å². The van der Waals surface area contributed by atoms with Crippen molar-refractivity contribution in [3.63, 3.8) is 0 Å². The molecular weight excluding hydrogens is 338 g/mol. The molecule has 0 saturated heterocycles. The third kappa shape index (κ3) is 5.93. The summed E-state index contributed by atoms with van der Waals surface area (Å²) in [5, 5.41) is 2.75. The van der Waals surface area contributed by atoms with Crippen molar-refractivity contribution in [1.82, 2.24) is 4.90 Å². The van der Waals surface area contributed by atoms with Crippen LogP contribution in [0.3, 0.4) is 0 Å². The van der Waals surface area contributed by atoms with Gasteiger partial charge in [0.15, 0.2) is 0 Å². The lowest BCUT2D eigenvalue weighted by atomic mass is 10.0. The molecule has 5 nitrogen and oxygen atoms in total. The van der Waals surface area contributed by atoms with E-state index in [4.69, 9.17) is 5.73 Å². The first-order valence-electron chi connectivity index (χ1n) is 9.25. The van der Waals surface area contributed by atoms with Crippen molar-refractivity contribution in [1.29, 1.82) is 0 Å². The maximum absolute atomic E-state index is 13.3. The second kappa shape index (κ2) is 9.33. The van der Waals surface area contributed by atoms with Crippen molar-refractivity contribution in [2.45, 2.75) is 40.8 Å². The molecule has 0 fully saturated rings. The molecule has 144 valence electrons. The lowest BCUT2D eigenvalue weighted by Gasteiger charge is -2.26. The second-order valence-corrected chi connectivity index (χ2v) is 7.31. The first kappa shape index (κ1) is 20.6. The Labute approximate surface area is 161 Å². The zero-order valence-corrected chi connectivity index (χ0v) is 16.6. The summed E-state index contributed by atoms with van der Waals surface area (Å²) in [5.74, 6) is 0.0980. The molecule has 0 spiro atoms. The van der Waals surface area contributed by atoms with E-state index >= 15 is 0 Å². The topological polar surface area (TPSA) is 75.4 Å². The molecule has 0 heterocycles. The van der Waals surface area contributed by atoms with Gasteiger partial charge in [-0.2, -0.15) is 0 Å². The second-order valence-electron chi connectivity index (χ2n) is 7.31. The Bertz CT molecular complexity index is 815. The van der Waals surface area contributed by atoms with E-state index in [0.717, 1.165) is 16.7 Å². The van der Waals surface area contributed by atoms with Gasteiger partial charge in [0.1, 0.15) is 0 Å². The number of carbonyl (C=O) groups excluding carboxylic acids is 2. The number of benzene rings is 2. The van der Waals surface area contributed by atoms with Crippen LogP contribution in [0, 0.1) is 12.8 Å². The molecule has 5 heteroatoms. The Morgan fingerprint density at radius 1 is 1.15 bits per heavy atom. The molecular formula is C22H29N3O2. The fourth-order valence-corrected chi connectivity index (χ4v) is 3.04. The van der Waals surface area contributed by atoms with Crippen molar-refractivity contribution >= 4 is 17.5 Å². The van der Waals surface area contributed by atoms with Crippen LogP contribution in [-0.4, -0.2) is 23.3 Å². The van der Waals surface area contributed by atoms with E-state index in [2.05, 4.69) is 38.2 Å². The lowest BCUT2D eigenvalue weighted by molar-refractivity contribution is -0.114. The number of hydrogen-bond donors (Lipinski definition) is 2. The fraction of sp³-hybridized carbons (Fsp3) is 0.364. The van der Waals surface area contributed by atoms with Gasteiger partial charge in [0.25, 0.3) is 5.91 Å². The summed E-state index contributed by atoms with van der Waals surface area (Å²) in [6, 6.07) is 13.4. The molecule has 0 radical (unpaired) electrons. The van der Waals surface area contributed by atoms with Crippen LogP contribution >= 0.6 is 0 Å². The van der Waals surface area contributed by atoms with Crippen LogP contribution in [0.2, 0.25) is 0 Å². The maximum Gasteiger partial charge on any atom is 0.254 e. The summed E-state index contributed by atoms with van der Waals surface area (Å²) in [4.78, 5) is 26.6. The van der Waals surface area contributed by atoms with Crippen LogP contribution in [0.25, 0.3) is 0 Å². The Morgan fingerprint density at radius 3 is 2.44 bits per heavy atom. The zero-order valence-electron chi connectivity index (χ0n) is 16.6. The highest BCUT2D eigenvalue weighted by atomic mass is 16.2. The van der Waals surface area contributed by atoms with E-state index in [-0.39, 0.29) is 11.8 Å². The molecule has 0 bridgehead atoms. The average Bonchev–Trinajstić information content (AvgIpc) is 2.61. The van der Waals surface area contributed by atoms with Gasteiger partial charge >= 0.3 is 0 Å². The molecule has 0 aliphatic heterocycles. The minimum Gasteiger partial charge on any atom is -0.334 e. The first-order chi connectivity index (χ1) is 12.8. The molecule has 2 aromatic carbocycles. The van der Waals surface area contributed by atoms with E-state index in [9.17, 15) is 9.59 Å². The number of nitrogens with zero attached hydrogens (tertiary/aromatic N) is 1. The van der Waals surface area contributed by atoms with Crippen LogP contribution in [0.15, 0.2) is 42.5 Å². The highest BCUT2D eigenvalue weighted by Crippen LogP contribution is 2.20. The quantitative estimate of drug-likeness (QED) is 0.783. The van der Waals surface area contributed by atoms with Gasteiger partial charge in [-0.05, 0) is 47.7 Å². The first-order valence-corrected chi connectivity index (χ1v) is 9.25. The molecule has 2 aromatic rings. The van der Waals surface area contributed by atoms with Gasteiger partial charge in [0.2, 0.25) is 5.91 Å². The van der Waals surface area contributed by atoms with E-state index in [1.165, 1.54) is 6.92 Å². The van der Waals surface area contributed by atoms with Crippen molar-refractivity contribution in [2.75, 3.05) is 11.9 Å². The number of hydrogen-bond acceptors (Lipinski definition) is 3. The number of amides is 2. The SMILES string of the molecule is CC(=O)Nc1cc(CN)cc(C(=O)N(Cc2ccccc2C)CC(C)C)c1. The largest absolute Gasteiger partial charge is 0.334 e. The van der Waals surface area contributed by atoms with E-state index in [1.54, 1.807) is 18.2 Å². The molecule has 3 N–H and O–H groups in total. The molecule has 0 unspecified atom stereocenters. The van der Waals surface area contributed by atoms with Gasteiger partial charge < -0.3 is 16.0 Å². The van der Waals surface area contributed by atoms with Crippen LogP contribution in [0.4, 0.5) is 5.69 Å². The van der Waals surface area contributed by atoms with Gasteiger partial charge in [0, 0.05) is 37.8 Å². The monoisotopic (exact) mass is 367 g/mol. The predicted molar refractivity (Wildman–Crippen MR) is 109 cm³/mol. The standard InChI is InChI=1S/C22H29N3O2/c1-15(2)13-25(14-19-8-6-5-7-16(19)3)22(27)20-9-18(12-23)10-21(11-20)24-17(4)26/h5-11,15H,12-14,23H2,1-4H3,(H,24,26). The third-order valence-corrected chi connectivity index (χ3v) is 4.29. The van der Waals surface area contributed by atoms with Crippen molar-refractivity contribution in [3.05, 3.63) is 64.7 Å². The van der Waals surface area contributed by atoms with Gasteiger partial charge in [-0.3, -0.25) is 9.59 Å². The van der Waals surface area contributed by atoms with E-state index in [0.29, 0.717) is 36.8 Å². The fourth-order valence-electron chi connectivity index (χ4n) is 3.04. The molecule has 2 rings (SSSR count). The Kier molecular flexibility index (Phi) is 7.13. The molecule has 27 heavy (non-hydrogen) atoms. The van der Waals surface area contributed by atoms with Crippen molar-refractivity contribution in [3.8, 4) is 0 Å². The number of carbonyl (C=O) groups is 2. The summed E-state index contributed by atoms with van der Waals surface area (Å²) < 4.78 is 0. The summed E-state index contributed by atoms with van der Waals surface area (Å²) in [7, 11) is 0. The summed E-state index contributed by atoms with van der Waals surface area (Å²) in [6.45, 7) is 9.18. The number of nitrogens with one attached hydrogen (secondary N) is 1. The maximum atomic E-state index is 13.3. The van der Waals surface area contributed by atoms with E-state index < -0.39 is 0 Å². The molecule has 0 saturated carbocycles. The van der Waals surface area contributed by atoms with Crippen molar-refractivity contribution < 1.29 is 9.59 Å². The summed E-state index contributed by atoms with van der Waals surface area (Å²) in [5.41, 5.74) is 10.0. The zero-order chi connectivity index (χ0) is 20.0. The average molecular weight is 367 g/mol. The van der Waals surface area contributed by atoms with Gasteiger partial charge in [-0.15, -0.1) is 0 Å². The number of rotatable bonds is 7. The number of aryl methyl sites for hydroxylation is 1. The number of nitrogens with two attached hydrogens (primary N) is 1. The third-order valence-electron chi connectivity index (χ3n) is 4.29. The highest BCUT2D eigenvalue weighted by Gasteiger charge is 2.19. The van der Waals surface area contributed by atoms with Gasteiger partial charge in [-0.1, -0.05) is 38.1 Å². The van der Waals surface area contributed by atoms with Crippen molar-refractivity contribution in [2.24, 2.45) is 11.7 Å². The van der Waals surface area contributed by atoms with Crippen LogP contribution in [0.1, 0.15) is 47.8 Å². The molecule has 0 aliphatic carbocycles. The minimum atomic E-state index is -0.179. The van der Waals surface area contributed by atoms with E-state index in [1.807, 2.05) is 17.0 Å². The van der Waals surface area contributed by atoms with Gasteiger partial charge in [0.05, 0.1) is 0 Å². The van der Waals surface area contributed by atoms with Gasteiger partial charge in [-0.25, -0.2) is 0 Å². The highest BCUT2D eigenvalue weighted by molar-refractivity contribution is 5.97. The molecule has 2 amide bonds. The summed E-state index contributed by atoms with van der Waals surface area (Å²) >= 11 is 0. The molecule has 0 aromatic heterocycles. The normalized spacial score (nSPS) is 10.7. The lowest BCUT2D eigenvalue weighted by Crippen LogP contribution is -2.34. The predicted octanol–water partition coefficient (Wildman–Crippen LogP) is 3.71. The smallest absolute Gasteiger partial charge is 0.254 e. The molecule has 0 aliphatic rings. The Morgan fingerprint density at radius 2 is 1.85 bits per heavy atom. The molecule has 0 atom stereocenters. The minimum absolute atomic E-state index is 0.0612.